The highest BCUT2D eigenvalue weighted by atomic mass is 35.5. The molecule has 0 aliphatic rings. The molecular weight excluding hydrogens is 410 g/mol. The van der Waals surface area contributed by atoms with Gasteiger partial charge in [-0.2, -0.15) is 5.10 Å². The number of amidine groups is 1. The Morgan fingerprint density at radius 3 is 2.50 bits per heavy atom. The molecule has 2 aromatic carbocycles. The number of ether oxygens (including phenoxy) is 1. The van der Waals surface area contributed by atoms with E-state index in [1.165, 1.54) is 41.2 Å². The molecule has 28 heavy (non-hydrogen) atoms. The maximum atomic E-state index is 12.9. The van der Waals surface area contributed by atoms with Crippen molar-refractivity contribution in [2.24, 2.45) is 10.9 Å². The molecule has 0 aliphatic carbocycles. The highest BCUT2D eigenvalue weighted by molar-refractivity contribution is 6.37. The van der Waals surface area contributed by atoms with Gasteiger partial charge in [0.15, 0.2) is 24.0 Å². The van der Waals surface area contributed by atoms with E-state index in [-0.39, 0.29) is 18.3 Å². The van der Waals surface area contributed by atoms with Gasteiger partial charge in [0.1, 0.15) is 5.82 Å². The third kappa shape index (κ3) is 4.79. The molecule has 3 aromatic rings. The van der Waals surface area contributed by atoms with Crippen molar-refractivity contribution < 1.29 is 18.8 Å². The topological polar surface area (TPSA) is 91.7 Å². The molecule has 7 nitrogen and oxygen atoms in total. The number of aromatic nitrogens is 2. The lowest BCUT2D eigenvalue weighted by Gasteiger charge is -2.09. The van der Waals surface area contributed by atoms with E-state index in [4.69, 9.17) is 38.5 Å². The molecule has 0 saturated heterocycles. The smallest absolute Gasteiger partial charge is 0.385 e. The summed E-state index contributed by atoms with van der Waals surface area (Å²) in [5, 5.41) is 8.26. The number of hydrogen-bond acceptors (Lipinski definition) is 5. The Hall–Kier alpha value is -3.10. The number of nitrogens with zero attached hydrogens (tertiary/aromatic N) is 3. The van der Waals surface area contributed by atoms with Crippen LogP contribution in [0.2, 0.25) is 10.0 Å². The summed E-state index contributed by atoms with van der Waals surface area (Å²) in [7, 11) is 0. The van der Waals surface area contributed by atoms with E-state index in [0.717, 1.165) is 0 Å². The fourth-order valence-corrected chi connectivity index (χ4v) is 2.61. The number of benzene rings is 2. The summed E-state index contributed by atoms with van der Waals surface area (Å²) in [5.74, 6) is -1.01. The number of carbonyl (C=O) groups excluding carboxylic acids is 1. The molecule has 0 spiro atoms. The van der Waals surface area contributed by atoms with Gasteiger partial charge in [0.25, 0.3) is 0 Å². The van der Waals surface area contributed by atoms with Crippen molar-refractivity contribution in [3.63, 3.8) is 0 Å². The summed E-state index contributed by atoms with van der Waals surface area (Å²) in [4.78, 5) is 16.8. The van der Waals surface area contributed by atoms with E-state index in [0.29, 0.717) is 21.4 Å². The van der Waals surface area contributed by atoms with Crippen LogP contribution in [0.1, 0.15) is 16.1 Å². The van der Waals surface area contributed by atoms with E-state index in [9.17, 15) is 9.18 Å². The van der Waals surface area contributed by atoms with Gasteiger partial charge in [-0.15, -0.1) is 0 Å². The Kier molecular flexibility index (Phi) is 6.13. The average Bonchev–Trinajstić information content (AvgIpc) is 3.15. The van der Waals surface area contributed by atoms with Crippen LogP contribution < -0.4 is 10.5 Å². The summed E-state index contributed by atoms with van der Waals surface area (Å²) in [5.41, 5.74) is 6.09. The molecule has 0 amide bonds. The highest BCUT2D eigenvalue weighted by Gasteiger charge is 2.13. The molecule has 1 heterocycles. The van der Waals surface area contributed by atoms with Crippen LogP contribution in [-0.4, -0.2) is 21.6 Å². The maximum absolute atomic E-state index is 12.9. The largest absolute Gasteiger partial charge is 0.468 e. The van der Waals surface area contributed by atoms with Crippen molar-refractivity contribution in [1.29, 1.82) is 0 Å². The van der Waals surface area contributed by atoms with E-state index in [1.807, 2.05) is 0 Å². The zero-order chi connectivity index (χ0) is 20.1. The number of hydrogen-bond donors (Lipinski definition) is 1. The number of halogens is 3. The standard InChI is InChI=1S/C18H13Cl2FN4O3/c19-13-2-1-3-14(20)16(13)27-10-25-9-8-15(23-25)18(26)28-24-17(22)11-4-6-12(21)7-5-11/h1-9H,10H2,(H2,22,24). The quantitative estimate of drug-likeness (QED) is 0.282. The van der Waals surface area contributed by atoms with Crippen molar-refractivity contribution >= 4 is 35.0 Å². The summed E-state index contributed by atoms with van der Waals surface area (Å²) >= 11 is 12.0. The number of rotatable bonds is 6. The van der Waals surface area contributed by atoms with Crippen molar-refractivity contribution in [1.82, 2.24) is 9.78 Å². The van der Waals surface area contributed by atoms with Crippen molar-refractivity contribution in [2.75, 3.05) is 0 Å². The lowest BCUT2D eigenvalue weighted by molar-refractivity contribution is 0.0507. The molecule has 144 valence electrons. The fraction of sp³-hybridized carbons (Fsp3) is 0.0556. The van der Waals surface area contributed by atoms with Crippen LogP contribution in [0.5, 0.6) is 5.75 Å². The van der Waals surface area contributed by atoms with Crippen molar-refractivity contribution in [3.05, 3.63) is 81.8 Å². The zero-order valence-corrected chi connectivity index (χ0v) is 15.7. The highest BCUT2D eigenvalue weighted by Crippen LogP contribution is 2.32. The lowest BCUT2D eigenvalue weighted by atomic mass is 10.2. The molecule has 0 saturated carbocycles. The number of oxime groups is 1. The molecule has 10 heteroatoms. The van der Waals surface area contributed by atoms with Crippen LogP contribution in [0.15, 0.2) is 59.9 Å². The molecule has 0 unspecified atom stereocenters. The van der Waals surface area contributed by atoms with Crippen LogP contribution in [-0.2, 0) is 11.6 Å². The first kappa shape index (κ1) is 19.7. The molecule has 3 rings (SSSR count). The molecule has 2 N–H and O–H groups in total. The van der Waals surface area contributed by atoms with Crippen LogP contribution in [0.3, 0.4) is 0 Å². The van der Waals surface area contributed by atoms with Crippen molar-refractivity contribution in [2.45, 2.75) is 6.73 Å². The summed E-state index contributed by atoms with van der Waals surface area (Å²) in [6.45, 7) is -0.0300. The van der Waals surface area contributed by atoms with Crippen LogP contribution in [0.4, 0.5) is 4.39 Å². The van der Waals surface area contributed by atoms with Gasteiger partial charge in [0.2, 0.25) is 0 Å². The Balaban J connectivity index is 1.61. The first-order valence-electron chi connectivity index (χ1n) is 7.85. The predicted molar refractivity (Wildman–Crippen MR) is 102 cm³/mol. The molecular formula is C18H13Cl2FN4O3. The molecule has 0 aliphatic heterocycles. The second-order valence-corrected chi connectivity index (χ2v) is 6.24. The van der Waals surface area contributed by atoms with Gasteiger partial charge in [0, 0.05) is 11.8 Å². The number of para-hydroxylation sites is 1. The summed E-state index contributed by atoms with van der Waals surface area (Å²) in [6, 6.07) is 11.6. The Bertz CT molecular complexity index is 1000. The van der Waals surface area contributed by atoms with Gasteiger partial charge < -0.3 is 15.3 Å². The average molecular weight is 423 g/mol. The molecule has 0 atom stereocenters. The lowest BCUT2D eigenvalue weighted by Crippen LogP contribution is -2.15. The second-order valence-electron chi connectivity index (χ2n) is 5.43. The SMILES string of the molecule is N/C(=N\OC(=O)c1ccn(COc2c(Cl)cccc2Cl)n1)c1ccc(F)cc1. The van der Waals surface area contributed by atoms with Crippen LogP contribution in [0, 0.1) is 5.82 Å². The monoisotopic (exact) mass is 422 g/mol. The van der Waals surface area contributed by atoms with Gasteiger partial charge in [0.05, 0.1) is 10.0 Å². The number of carbonyl (C=O) groups is 1. The Morgan fingerprint density at radius 2 is 1.82 bits per heavy atom. The van der Waals surface area contributed by atoms with E-state index in [1.54, 1.807) is 18.2 Å². The van der Waals surface area contributed by atoms with Crippen LogP contribution >= 0.6 is 23.2 Å². The minimum atomic E-state index is -0.820. The zero-order valence-electron chi connectivity index (χ0n) is 14.2. The van der Waals surface area contributed by atoms with E-state index >= 15 is 0 Å². The van der Waals surface area contributed by atoms with Gasteiger partial charge >= 0.3 is 5.97 Å². The Morgan fingerprint density at radius 1 is 1.14 bits per heavy atom. The van der Waals surface area contributed by atoms with Gasteiger partial charge in [-0.25, -0.2) is 13.9 Å². The van der Waals surface area contributed by atoms with E-state index < -0.39 is 11.8 Å². The molecule has 0 fully saturated rings. The van der Waals surface area contributed by atoms with E-state index in [2.05, 4.69) is 10.3 Å². The van der Waals surface area contributed by atoms with Gasteiger partial charge in [-0.1, -0.05) is 34.4 Å². The third-order valence-corrected chi connectivity index (χ3v) is 4.07. The van der Waals surface area contributed by atoms with Gasteiger partial charge in [-0.3, -0.25) is 0 Å². The normalized spacial score (nSPS) is 11.3. The number of nitrogens with two attached hydrogens (primary N) is 1. The fourth-order valence-electron chi connectivity index (χ4n) is 2.10. The van der Waals surface area contributed by atoms with Crippen LogP contribution in [0.25, 0.3) is 0 Å². The Labute approximate surface area is 169 Å². The maximum Gasteiger partial charge on any atom is 0.385 e. The first-order valence-corrected chi connectivity index (χ1v) is 8.60. The minimum Gasteiger partial charge on any atom is -0.468 e. The summed E-state index contributed by atoms with van der Waals surface area (Å²) in [6.07, 6.45) is 1.51. The van der Waals surface area contributed by atoms with Crippen molar-refractivity contribution in [3.8, 4) is 5.75 Å². The minimum absolute atomic E-state index is 0.00971. The molecule has 1 aromatic heterocycles. The third-order valence-electron chi connectivity index (χ3n) is 3.48. The second kappa shape index (κ2) is 8.73. The molecule has 0 bridgehead atoms. The predicted octanol–water partition coefficient (Wildman–Crippen LogP) is 3.84. The summed E-state index contributed by atoms with van der Waals surface area (Å²) < 4.78 is 19.8. The van der Waals surface area contributed by atoms with Gasteiger partial charge in [-0.05, 0) is 42.5 Å². The first-order chi connectivity index (χ1) is 13.4. The molecule has 0 radical (unpaired) electrons.